The highest BCUT2D eigenvalue weighted by atomic mass is 15.3. The minimum atomic E-state index is 0.677. The lowest BCUT2D eigenvalue weighted by atomic mass is 10.2. The SMILES string of the molecule is CCCn1nccc1CNc1ccc(C#N)cc1. The molecule has 2 rings (SSSR count). The highest BCUT2D eigenvalue weighted by molar-refractivity contribution is 5.47. The number of nitrogens with zero attached hydrogens (tertiary/aromatic N) is 3. The first-order valence-corrected chi connectivity index (χ1v) is 6.08. The van der Waals surface area contributed by atoms with Gasteiger partial charge in [-0.2, -0.15) is 10.4 Å². The number of nitriles is 1. The van der Waals surface area contributed by atoms with Gasteiger partial charge in [0, 0.05) is 18.4 Å². The summed E-state index contributed by atoms with van der Waals surface area (Å²) in [7, 11) is 0. The van der Waals surface area contributed by atoms with E-state index in [2.05, 4.69) is 23.4 Å². The molecule has 4 nitrogen and oxygen atoms in total. The Morgan fingerprint density at radius 2 is 2.06 bits per heavy atom. The van der Waals surface area contributed by atoms with Crippen LogP contribution in [0.2, 0.25) is 0 Å². The molecule has 0 aliphatic carbocycles. The fourth-order valence-corrected chi connectivity index (χ4v) is 1.78. The van der Waals surface area contributed by atoms with Gasteiger partial charge in [-0.1, -0.05) is 6.92 Å². The van der Waals surface area contributed by atoms with E-state index in [4.69, 9.17) is 5.26 Å². The molecule has 0 aliphatic rings. The second kappa shape index (κ2) is 5.87. The van der Waals surface area contributed by atoms with E-state index in [1.54, 1.807) is 0 Å². The molecule has 1 heterocycles. The van der Waals surface area contributed by atoms with Gasteiger partial charge >= 0.3 is 0 Å². The van der Waals surface area contributed by atoms with Crippen LogP contribution in [0.25, 0.3) is 0 Å². The Morgan fingerprint density at radius 1 is 1.28 bits per heavy atom. The van der Waals surface area contributed by atoms with Gasteiger partial charge in [-0.05, 0) is 36.8 Å². The maximum atomic E-state index is 8.72. The van der Waals surface area contributed by atoms with Crippen LogP contribution in [0.4, 0.5) is 5.69 Å². The van der Waals surface area contributed by atoms with Crippen LogP contribution in [-0.2, 0) is 13.1 Å². The van der Waals surface area contributed by atoms with Crippen molar-refractivity contribution in [2.75, 3.05) is 5.32 Å². The minimum Gasteiger partial charge on any atom is -0.379 e. The van der Waals surface area contributed by atoms with Gasteiger partial charge in [-0.15, -0.1) is 0 Å². The monoisotopic (exact) mass is 240 g/mol. The molecule has 92 valence electrons. The lowest BCUT2D eigenvalue weighted by Crippen LogP contribution is -2.08. The van der Waals surface area contributed by atoms with Crippen LogP contribution in [0.1, 0.15) is 24.6 Å². The highest BCUT2D eigenvalue weighted by Crippen LogP contribution is 2.10. The number of aromatic nitrogens is 2. The van der Waals surface area contributed by atoms with Crippen molar-refractivity contribution in [2.45, 2.75) is 26.4 Å². The summed E-state index contributed by atoms with van der Waals surface area (Å²) in [5, 5.41) is 16.3. The second-order valence-corrected chi connectivity index (χ2v) is 4.09. The van der Waals surface area contributed by atoms with Gasteiger partial charge < -0.3 is 5.32 Å². The summed E-state index contributed by atoms with van der Waals surface area (Å²) < 4.78 is 2.01. The van der Waals surface area contributed by atoms with E-state index in [0.29, 0.717) is 5.56 Å². The molecule has 0 bridgehead atoms. The van der Waals surface area contributed by atoms with Crippen LogP contribution in [0.5, 0.6) is 0 Å². The molecule has 0 amide bonds. The third kappa shape index (κ3) is 2.89. The standard InChI is InChI=1S/C14H16N4/c1-2-9-18-14(7-8-17-18)11-16-13-5-3-12(10-15)4-6-13/h3-8,16H,2,9,11H2,1H3. The minimum absolute atomic E-state index is 0.677. The van der Waals surface area contributed by atoms with Gasteiger partial charge in [0.1, 0.15) is 0 Å². The zero-order valence-corrected chi connectivity index (χ0v) is 10.4. The van der Waals surface area contributed by atoms with Crippen LogP contribution >= 0.6 is 0 Å². The Bertz CT molecular complexity index is 534. The van der Waals surface area contributed by atoms with E-state index in [0.717, 1.165) is 25.2 Å². The normalized spacial score (nSPS) is 10.0. The molecule has 0 radical (unpaired) electrons. The summed E-state index contributed by atoms with van der Waals surface area (Å²) in [6, 6.07) is 11.6. The van der Waals surface area contributed by atoms with Crippen molar-refractivity contribution in [3.63, 3.8) is 0 Å². The smallest absolute Gasteiger partial charge is 0.0991 e. The average Bonchev–Trinajstić information content (AvgIpc) is 2.85. The molecule has 0 aliphatic heterocycles. The number of hydrogen-bond donors (Lipinski definition) is 1. The van der Waals surface area contributed by atoms with E-state index >= 15 is 0 Å². The summed E-state index contributed by atoms with van der Waals surface area (Å²) in [6.45, 7) is 3.82. The van der Waals surface area contributed by atoms with Crippen LogP contribution in [-0.4, -0.2) is 9.78 Å². The van der Waals surface area contributed by atoms with Crippen LogP contribution < -0.4 is 5.32 Å². The number of anilines is 1. The molecule has 1 N–H and O–H groups in total. The molecule has 4 heteroatoms. The van der Waals surface area contributed by atoms with E-state index in [9.17, 15) is 0 Å². The molecule has 1 aromatic carbocycles. The molecule has 18 heavy (non-hydrogen) atoms. The first-order chi connectivity index (χ1) is 8.83. The van der Waals surface area contributed by atoms with Crippen LogP contribution in [0.15, 0.2) is 36.5 Å². The number of hydrogen-bond acceptors (Lipinski definition) is 3. The van der Waals surface area contributed by atoms with Crippen LogP contribution in [0, 0.1) is 11.3 Å². The maximum Gasteiger partial charge on any atom is 0.0991 e. The summed E-state index contributed by atoms with van der Waals surface area (Å²) >= 11 is 0. The lowest BCUT2D eigenvalue weighted by molar-refractivity contribution is 0.578. The van der Waals surface area contributed by atoms with Gasteiger partial charge in [0.2, 0.25) is 0 Å². The quantitative estimate of drug-likeness (QED) is 0.874. The van der Waals surface area contributed by atoms with E-state index in [-0.39, 0.29) is 0 Å². The first kappa shape index (κ1) is 12.2. The Kier molecular flexibility index (Phi) is 3.98. The third-order valence-corrected chi connectivity index (χ3v) is 2.73. The van der Waals surface area contributed by atoms with Crippen molar-refractivity contribution in [1.29, 1.82) is 5.26 Å². The molecular weight excluding hydrogens is 224 g/mol. The molecule has 1 aromatic heterocycles. The van der Waals surface area contributed by atoms with Crippen molar-refractivity contribution < 1.29 is 0 Å². The van der Waals surface area contributed by atoms with E-state index in [1.165, 1.54) is 5.69 Å². The summed E-state index contributed by atoms with van der Waals surface area (Å²) in [4.78, 5) is 0. The Morgan fingerprint density at radius 3 is 2.72 bits per heavy atom. The maximum absolute atomic E-state index is 8.72. The molecule has 0 atom stereocenters. The number of benzene rings is 1. The van der Waals surface area contributed by atoms with Crippen molar-refractivity contribution >= 4 is 5.69 Å². The average molecular weight is 240 g/mol. The second-order valence-electron chi connectivity index (χ2n) is 4.09. The fraction of sp³-hybridized carbons (Fsp3) is 0.286. The number of rotatable bonds is 5. The van der Waals surface area contributed by atoms with Gasteiger partial charge in [-0.25, -0.2) is 0 Å². The zero-order valence-electron chi connectivity index (χ0n) is 10.4. The van der Waals surface area contributed by atoms with Gasteiger partial charge in [0.25, 0.3) is 0 Å². The molecule has 0 fully saturated rings. The molecule has 0 unspecified atom stereocenters. The third-order valence-electron chi connectivity index (χ3n) is 2.73. The Balaban J connectivity index is 1.98. The van der Waals surface area contributed by atoms with Crippen molar-refractivity contribution in [3.8, 4) is 6.07 Å². The fourth-order valence-electron chi connectivity index (χ4n) is 1.78. The Hall–Kier alpha value is -2.28. The molecule has 0 saturated carbocycles. The predicted octanol–water partition coefficient (Wildman–Crippen LogP) is 2.78. The van der Waals surface area contributed by atoms with Crippen molar-refractivity contribution in [3.05, 3.63) is 47.8 Å². The number of aryl methyl sites for hydroxylation is 1. The van der Waals surface area contributed by atoms with E-state index < -0.39 is 0 Å². The summed E-state index contributed by atoms with van der Waals surface area (Å²) in [5.74, 6) is 0. The van der Waals surface area contributed by atoms with Crippen LogP contribution in [0.3, 0.4) is 0 Å². The van der Waals surface area contributed by atoms with Crippen molar-refractivity contribution in [2.24, 2.45) is 0 Å². The largest absolute Gasteiger partial charge is 0.379 e. The zero-order chi connectivity index (χ0) is 12.8. The topological polar surface area (TPSA) is 53.6 Å². The highest BCUT2D eigenvalue weighted by Gasteiger charge is 2.01. The predicted molar refractivity (Wildman–Crippen MR) is 71.0 cm³/mol. The number of nitrogens with one attached hydrogen (secondary N) is 1. The van der Waals surface area contributed by atoms with Gasteiger partial charge in [0.15, 0.2) is 0 Å². The Labute approximate surface area is 107 Å². The molecule has 0 spiro atoms. The molecule has 2 aromatic rings. The first-order valence-electron chi connectivity index (χ1n) is 6.08. The molecular formula is C14H16N4. The van der Waals surface area contributed by atoms with Gasteiger partial charge in [-0.3, -0.25) is 4.68 Å². The molecule has 0 saturated heterocycles. The summed E-state index contributed by atoms with van der Waals surface area (Å²) in [6.07, 6.45) is 2.90. The van der Waals surface area contributed by atoms with E-state index in [1.807, 2.05) is 41.2 Å². The lowest BCUT2D eigenvalue weighted by Gasteiger charge is -2.08. The van der Waals surface area contributed by atoms with Crippen molar-refractivity contribution in [1.82, 2.24) is 9.78 Å². The summed E-state index contributed by atoms with van der Waals surface area (Å²) in [5.41, 5.74) is 2.86. The van der Waals surface area contributed by atoms with Gasteiger partial charge in [0.05, 0.1) is 23.9 Å².